The molecule has 0 saturated carbocycles. The molecule has 0 bridgehead atoms. The summed E-state index contributed by atoms with van der Waals surface area (Å²) in [5, 5.41) is 2.69. The van der Waals surface area contributed by atoms with Gasteiger partial charge in [-0.15, -0.1) is 0 Å². The Morgan fingerprint density at radius 1 is 1.43 bits per heavy atom. The van der Waals surface area contributed by atoms with Gasteiger partial charge in [0.05, 0.1) is 32.3 Å². The molecule has 4 amide bonds. The zero-order valence-electron chi connectivity index (χ0n) is 7.49. The molecule has 2 fully saturated rings. The Bertz CT molecular complexity index is 325. The number of hydrogen-bond donors (Lipinski definition) is 1. The van der Waals surface area contributed by atoms with Gasteiger partial charge in [0.1, 0.15) is 0 Å². The van der Waals surface area contributed by atoms with Crippen LogP contribution >= 0.6 is 32.3 Å². The maximum absolute atomic E-state index is 11.6. The minimum absolute atomic E-state index is 0.209. The van der Waals surface area contributed by atoms with E-state index in [2.05, 4.69) is 37.6 Å². The third-order valence-electron chi connectivity index (χ3n) is 2.74. The fraction of sp³-hybridized carbons (Fsp3) is 0.667. The van der Waals surface area contributed by atoms with Gasteiger partial charge < -0.3 is 10.2 Å². The van der Waals surface area contributed by atoms with E-state index in [1.54, 1.807) is 14.0 Å². The average Bonchev–Trinajstić information content (AvgIpc) is 2.47. The molecule has 2 saturated heterocycles. The number of amides is 4. The highest BCUT2D eigenvalue weighted by atomic mass is 79.9. The summed E-state index contributed by atoms with van der Waals surface area (Å²) in [7, 11) is 1.64. The van der Waals surface area contributed by atoms with Crippen LogP contribution in [-0.4, -0.2) is 43.7 Å². The molecule has 0 aromatic carbocycles. The fourth-order valence-corrected chi connectivity index (χ4v) is 3.10. The maximum Gasteiger partial charge on any atom is 0.344 e. The van der Waals surface area contributed by atoms with Crippen LogP contribution in [0.4, 0.5) is 9.59 Å². The first kappa shape index (κ1) is 10.0. The van der Waals surface area contributed by atoms with Gasteiger partial charge in [-0.3, -0.25) is 0 Å². The SMILES string of the molecule is CN1C(=O)NC2N(Br)C(=O)N(Br)C21C. The van der Waals surface area contributed by atoms with Crippen molar-refractivity contribution >= 4 is 44.4 Å². The molecule has 14 heavy (non-hydrogen) atoms. The van der Waals surface area contributed by atoms with Crippen molar-refractivity contribution in [1.29, 1.82) is 0 Å². The van der Waals surface area contributed by atoms with Gasteiger partial charge in [0.2, 0.25) is 0 Å². The lowest BCUT2D eigenvalue weighted by molar-refractivity contribution is 0.122. The molecular formula is C6H8Br2N4O2. The van der Waals surface area contributed by atoms with E-state index in [0.717, 1.165) is 0 Å². The van der Waals surface area contributed by atoms with Crippen molar-refractivity contribution in [1.82, 2.24) is 18.1 Å². The van der Waals surface area contributed by atoms with Gasteiger partial charge in [0, 0.05) is 7.05 Å². The summed E-state index contributed by atoms with van der Waals surface area (Å²) < 4.78 is 2.65. The van der Waals surface area contributed by atoms with Gasteiger partial charge in [-0.25, -0.2) is 17.4 Å². The predicted molar refractivity (Wildman–Crippen MR) is 55.4 cm³/mol. The first-order valence-electron chi connectivity index (χ1n) is 3.90. The van der Waals surface area contributed by atoms with Crippen LogP contribution < -0.4 is 5.32 Å². The van der Waals surface area contributed by atoms with Gasteiger partial charge in [-0.2, -0.15) is 0 Å². The Morgan fingerprint density at radius 2 is 2.00 bits per heavy atom. The molecule has 2 atom stereocenters. The molecule has 2 aliphatic rings. The van der Waals surface area contributed by atoms with E-state index in [1.165, 1.54) is 12.8 Å². The van der Waals surface area contributed by atoms with Crippen LogP contribution in [0.5, 0.6) is 0 Å². The molecule has 0 spiro atoms. The number of carbonyl (C=O) groups excluding carboxylic acids is 2. The van der Waals surface area contributed by atoms with Crippen molar-refractivity contribution < 1.29 is 9.59 Å². The lowest BCUT2D eigenvalue weighted by Gasteiger charge is -2.32. The van der Waals surface area contributed by atoms with E-state index in [-0.39, 0.29) is 12.1 Å². The van der Waals surface area contributed by atoms with Crippen molar-refractivity contribution in [2.45, 2.75) is 18.8 Å². The molecule has 6 nitrogen and oxygen atoms in total. The minimum atomic E-state index is -0.711. The highest BCUT2D eigenvalue weighted by molar-refractivity contribution is 9.08. The topological polar surface area (TPSA) is 55.9 Å². The number of likely N-dealkylation sites (N-methyl/N-ethyl adjacent to an activating group) is 1. The fourth-order valence-electron chi connectivity index (χ4n) is 1.64. The summed E-state index contributed by atoms with van der Waals surface area (Å²) in [5.74, 6) is 0. The van der Waals surface area contributed by atoms with Crippen LogP contribution in [0.15, 0.2) is 0 Å². The Balaban J connectivity index is 2.46. The standard InChI is InChI=1S/C6H8Br2N4O2/c1-6-3(9-4(13)10(6)2)11(7)5(14)12(6)8/h3H,1-2H3,(H,9,13). The number of urea groups is 2. The van der Waals surface area contributed by atoms with Crippen LogP contribution in [-0.2, 0) is 0 Å². The van der Waals surface area contributed by atoms with Crippen molar-refractivity contribution in [3.8, 4) is 0 Å². The molecular weight excluding hydrogens is 320 g/mol. The van der Waals surface area contributed by atoms with Gasteiger partial charge in [-0.05, 0) is 6.92 Å². The zero-order valence-corrected chi connectivity index (χ0v) is 10.7. The molecule has 1 N–H and O–H groups in total. The van der Waals surface area contributed by atoms with Crippen molar-refractivity contribution in [3.05, 3.63) is 0 Å². The third kappa shape index (κ3) is 0.902. The first-order valence-corrected chi connectivity index (χ1v) is 5.32. The molecule has 2 rings (SSSR count). The highest BCUT2D eigenvalue weighted by Crippen LogP contribution is 2.41. The smallest absolute Gasteiger partial charge is 0.313 e. The molecule has 2 heterocycles. The number of nitrogens with one attached hydrogen (secondary N) is 1. The Hall–Kier alpha value is -0.500. The van der Waals surface area contributed by atoms with Crippen LogP contribution in [0.1, 0.15) is 6.92 Å². The molecule has 8 heteroatoms. The Kier molecular flexibility index (Phi) is 1.97. The van der Waals surface area contributed by atoms with E-state index in [9.17, 15) is 9.59 Å². The van der Waals surface area contributed by atoms with Crippen LogP contribution in [0.3, 0.4) is 0 Å². The second-order valence-corrected chi connectivity index (χ2v) is 4.85. The molecule has 2 unspecified atom stereocenters. The van der Waals surface area contributed by atoms with Crippen LogP contribution in [0, 0.1) is 0 Å². The molecule has 2 aliphatic heterocycles. The minimum Gasteiger partial charge on any atom is -0.313 e. The van der Waals surface area contributed by atoms with Gasteiger partial charge >= 0.3 is 12.1 Å². The highest BCUT2D eigenvalue weighted by Gasteiger charge is 2.62. The molecule has 0 aromatic heterocycles. The summed E-state index contributed by atoms with van der Waals surface area (Å²) in [6.45, 7) is 1.80. The number of halogens is 2. The predicted octanol–water partition coefficient (Wildman–Crippen LogP) is 1.04. The van der Waals surface area contributed by atoms with Crippen LogP contribution in [0.25, 0.3) is 0 Å². The van der Waals surface area contributed by atoms with E-state index >= 15 is 0 Å². The Morgan fingerprint density at radius 3 is 2.50 bits per heavy atom. The number of nitrogens with zero attached hydrogens (tertiary/aromatic N) is 3. The van der Waals surface area contributed by atoms with E-state index < -0.39 is 11.8 Å². The maximum atomic E-state index is 11.6. The zero-order chi connectivity index (χ0) is 10.7. The summed E-state index contributed by atoms with van der Waals surface area (Å²) in [5.41, 5.74) is -0.711. The van der Waals surface area contributed by atoms with Crippen molar-refractivity contribution in [3.63, 3.8) is 0 Å². The quantitative estimate of drug-likeness (QED) is 0.676. The summed E-state index contributed by atoms with van der Waals surface area (Å²) in [6.07, 6.45) is -0.396. The van der Waals surface area contributed by atoms with Crippen molar-refractivity contribution in [2.75, 3.05) is 7.05 Å². The number of carbonyl (C=O) groups is 2. The van der Waals surface area contributed by atoms with Gasteiger partial charge in [0.15, 0.2) is 11.8 Å². The molecule has 0 aliphatic carbocycles. The second kappa shape index (κ2) is 2.75. The van der Waals surface area contributed by atoms with Gasteiger partial charge in [-0.1, -0.05) is 0 Å². The largest absolute Gasteiger partial charge is 0.344 e. The number of fused-ring (bicyclic) bond motifs is 1. The monoisotopic (exact) mass is 326 g/mol. The molecule has 78 valence electrons. The normalized spacial score (nSPS) is 36.6. The Labute approximate surface area is 97.9 Å². The lowest BCUT2D eigenvalue weighted by atomic mass is 10.2. The summed E-state index contributed by atoms with van der Waals surface area (Å²) >= 11 is 6.27. The summed E-state index contributed by atoms with van der Waals surface area (Å²) in [6, 6.07) is -0.455. The third-order valence-corrected chi connectivity index (χ3v) is 4.47. The van der Waals surface area contributed by atoms with E-state index in [4.69, 9.17) is 0 Å². The number of hydrogen-bond acceptors (Lipinski definition) is 2. The number of rotatable bonds is 0. The lowest BCUT2D eigenvalue weighted by Crippen LogP contribution is -2.52. The van der Waals surface area contributed by atoms with Crippen LogP contribution in [0.2, 0.25) is 0 Å². The van der Waals surface area contributed by atoms with E-state index in [0.29, 0.717) is 0 Å². The second-order valence-electron chi connectivity index (χ2n) is 3.38. The van der Waals surface area contributed by atoms with E-state index in [1.807, 2.05) is 0 Å². The summed E-state index contributed by atoms with van der Waals surface area (Å²) in [4.78, 5) is 24.4. The molecule has 0 radical (unpaired) electrons. The average molecular weight is 328 g/mol. The first-order chi connectivity index (χ1) is 6.40. The van der Waals surface area contributed by atoms with Crippen molar-refractivity contribution in [2.24, 2.45) is 0 Å². The van der Waals surface area contributed by atoms with Gasteiger partial charge in [0.25, 0.3) is 0 Å². The molecule has 0 aromatic rings.